The molecule has 0 aromatic carbocycles. The first-order valence-electron chi connectivity index (χ1n) is 5.55. The molecule has 1 amide bonds. The van der Waals surface area contributed by atoms with Crippen LogP contribution in [0.5, 0.6) is 0 Å². The molecule has 0 aliphatic carbocycles. The van der Waals surface area contributed by atoms with Gasteiger partial charge in [-0.15, -0.1) is 0 Å². The van der Waals surface area contributed by atoms with Crippen LogP contribution in [-0.4, -0.2) is 24.0 Å². The lowest BCUT2D eigenvalue weighted by Crippen LogP contribution is -2.26. The summed E-state index contributed by atoms with van der Waals surface area (Å²) in [7, 11) is 0. The third-order valence-corrected chi connectivity index (χ3v) is 3.54. The average molecular weight is 310 g/mol. The van der Waals surface area contributed by atoms with Gasteiger partial charge in [-0.25, -0.2) is 4.98 Å². The lowest BCUT2D eigenvalue weighted by Gasteiger charge is -2.19. The monoisotopic (exact) mass is 309 g/mol. The van der Waals surface area contributed by atoms with Crippen LogP contribution >= 0.6 is 15.9 Å². The van der Waals surface area contributed by atoms with Crippen molar-refractivity contribution < 1.29 is 4.79 Å². The molecule has 0 bridgehead atoms. The molecule has 1 aliphatic heterocycles. The Kier molecular flexibility index (Phi) is 3.84. The molecule has 1 aromatic heterocycles. The Labute approximate surface area is 113 Å². The normalized spacial score (nSPS) is 18.9. The number of halogens is 1. The van der Waals surface area contributed by atoms with Crippen molar-refractivity contribution in [1.29, 1.82) is 0 Å². The zero-order chi connectivity index (χ0) is 13.1. The molecule has 1 aliphatic rings. The van der Waals surface area contributed by atoms with Gasteiger partial charge in [0.15, 0.2) is 0 Å². The molecule has 1 saturated heterocycles. The van der Waals surface area contributed by atoms with Gasteiger partial charge < -0.3 is 4.90 Å². The molecule has 18 heavy (non-hydrogen) atoms. The SMILES string of the molecule is Cc1ccnc(Br)c1N1CC(CN=[N+]=[N-])CC1=O. The predicted molar refractivity (Wildman–Crippen MR) is 71.1 cm³/mol. The molecular formula is C11H12BrN5O. The summed E-state index contributed by atoms with van der Waals surface area (Å²) < 4.78 is 0.667. The van der Waals surface area contributed by atoms with Crippen molar-refractivity contribution >= 4 is 27.5 Å². The number of carbonyl (C=O) groups is 1. The highest BCUT2D eigenvalue weighted by atomic mass is 79.9. The van der Waals surface area contributed by atoms with Gasteiger partial charge in [0.2, 0.25) is 5.91 Å². The molecule has 0 saturated carbocycles. The minimum atomic E-state index is 0.0462. The Morgan fingerprint density at radius 2 is 2.50 bits per heavy atom. The lowest BCUT2D eigenvalue weighted by molar-refractivity contribution is -0.117. The predicted octanol–water partition coefficient (Wildman–Crippen LogP) is 2.82. The van der Waals surface area contributed by atoms with E-state index in [0.717, 1.165) is 11.3 Å². The van der Waals surface area contributed by atoms with E-state index in [0.29, 0.717) is 24.1 Å². The number of aromatic nitrogens is 1. The summed E-state index contributed by atoms with van der Waals surface area (Å²) in [6.07, 6.45) is 2.11. The van der Waals surface area contributed by atoms with E-state index in [-0.39, 0.29) is 11.8 Å². The Hall–Kier alpha value is -1.59. The van der Waals surface area contributed by atoms with Crippen LogP contribution < -0.4 is 4.90 Å². The lowest BCUT2D eigenvalue weighted by atomic mass is 10.1. The minimum Gasteiger partial charge on any atom is -0.309 e. The summed E-state index contributed by atoms with van der Waals surface area (Å²) in [6.45, 7) is 2.87. The number of pyridine rings is 1. The largest absolute Gasteiger partial charge is 0.309 e. The number of amides is 1. The Bertz CT molecular complexity index is 506. The highest BCUT2D eigenvalue weighted by Crippen LogP contribution is 2.32. The van der Waals surface area contributed by atoms with E-state index in [1.807, 2.05) is 13.0 Å². The zero-order valence-electron chi connectivity index (χ0n) is 9.88. The van der Waals surface area contributed by atoms with Gasteiger partial charge in [-0.05, 0) is 45.9 Å². The molecule has 0 N–H and O–H groups in total. The number of azide groups is 1. The number of hydrogen-bond acceptors (Lipinski definition) is 3. The number of carbonyl (C=O) groups excluding carboxylic acids is 1. The molecular weight excluding hydrogens is 298 g/mol. The topological polar surface area (TPSA) is 82.0 Å². The maximum atomic E-state index is 12.0. The second-order valence-corrected chi connectivity index (χ2v) is 5.01. The van der Waals surface area contributed by atoms with E-state index in [9.17, 15) is 4.79 Å². The number of nitrogens with zero attached hydrogens (tertiary/aromatic N) is 5. The standard InChI is InChI=1S/C11H12BrN5O/c1-7-2-3-14-11(12)10(7)17-6-8(4-9(17)18)5-15-16-13/h2-3,8H,4-6H2,1H3. The fourth-order valence-electron chi connectivity index (χ4n) is 2.11. The van der Waals surface area contributed by atoms with E-state index in [1.165, 1.54) is 0 Å². The molecule has 2 heterocycles. The van der Waals surface area contributed by atoms with E-state index >= 15 is 0 Å². The Morgan fingerprint density at radius 3 is 3.17 bits per heavy atom. The van der Waals surface area contributed by atoms with Crippen LogP contribution in [-0.2, 0) is 4.79 Å². The third kappa shape index (κ3) is 2.47. The molecule has 7 heteroatoms. The summed E-state index contributed by atoms with van der Waals surface area (Å²) in [5.74, 6) is 0.129. The molecule has 6 nitrogen and oxygen atoms in total. The average Bonchev–Trinajstić information content (AvgIpc) is 2.68. The van der Waals surface area contributed by atoms with Crippen molar-refractivity contribution in [3.8, 4) is 0 Å². The first-order valence-corrected chi connectivity index (χ1v) is 6.35. The summed E-state index contributed by atoms with van der Waals surface area (Å²) in [5, 5.41) is 3.54. The highest BCUT2D eigenvalue weighted by molar-refractivity contribution is 9.10. The Balaban J connectivity index is 2.24. The maximum Gasteiger partial charge on any atom is 0.227 e. The zero-order valence-corrected chi connectivity index (χ0v) is 11.5. The van der Waals surface area contributed by atoms with Crippen molar-refractivity contribution in [2.45, 2.75) is 13.3 Å². The van der Waals surface area contributed by atoms with Crippen molar-refractivity contribution in [1.82, 2.24) is 4.98 Å². The van der Waals surface area contributed by atoms with Gasteiger partial charge in [0.05, 0.1) is 5.69 Å². The van der Waals surface area contributed by atoms with Gasteiger partial charge in [0.25, 0.3) is 0 Å². The molecule has 94 valence electrons. The van der Waals surface area contributed by atoms with Crippen LogP contribution in [0.2, 0.25) is 0 Å². The van der Waals surface area contributed by atoms with E-state index in [4.69, 9.17) is 5.53 Å². The number of hydrogen-bond donors (Lipinski definition) is 0. The van der Waals surface area contributed by atoms with Crippen molar-refractivity contribution in [2.24, 2.45) is 11.0 Å². The van der Waals surface area contributed by atoms with Gasteiger partial charge in [0.1, 0.15) is 4.60 Å². The smallest absolute Gasteiger partial charge is 0.227 e. The summed E-state index contributed by atoms with van der Waals surface area (Å²) in [4.78, 5) is 20.6. The molecule has 0 radical (unpaired) electrons. The van der Waals surface area contributed by atoms with Gasteiger partial charge in [-0.3, -0.25) is 4.79 Å². The van der Waals surface area contributed by atoms with E-state index < -0.39 is 0 Å². The van der Waals surface area contributed by atoms with Crippen LogP contribution in [0.4, 0.5) is 5.69 Å². The third-order valence-electron chi connectivity index (χ3n) is 2.96. The fraction of sp³-hybridized carbons (Fsp3) is 0.455. The van der Waals surface area contributed by atoms with Gasteiger partial charge in [-0.1, -0.05) is 5.11 Å². The van der Waals surface area contributed by atoms with Gasteiger partial charge >= 0.3 is 0 Å². The second-order valence-electron chi connectivity index (χ2n) is 4.26. The maximum absolute atomic E-state index is 12.0. The number of rotatable bonds is 3. The molecule has 2 rings (SSSR count). The molecule has 1 unspecified atom stereocenters. The van der Waals surface area contributed by atoms with Gasteiger partial charge in [-0.2, -0.15) is 0 Å². The first kappa shape index (κ1) is 12.9. The van der Waals surface area contributed by atoms with Crippen molar-refractivity contribution in [3.05, 3.63) is 32.9 Å². The first-order chi connectivity index (χ1) is 8.63. The van der Waals surface area contributed by atoms with Crippen LogP contribution in [0.15, 0.2) is 22.0 Å². The van der Waals surface area contributed by atoms with Crippen LogP contribution in [0, 0.1) is 12.8 Å². The van der Waals surface area contributed by atoms with E-state index in [2.05, 4.69) is 30.9 Å². The molecule has 0 spiro atoms. The molecule has 1 aromatic rings. The summed E-state index contributed by atoms with van der Waals surface area (Å²) in [5.41, 5.74) is 10.1. The second kappa shape index (κ2) is 5.37. The van der Waals surface area contributed by atoms with Crippen molar-refractivity contribution in [3.63, 3.8) is 0 Å². The van der Waals surface area contributed by atoms with Gasteiger partial charge in [0, 0.05) is 30.6 Å². The van der Waals surface area contributed by atoms with E-state index in [1.54, 1.807) is 11.1 Å². The Morgan fingerprint density at radius 1 is 1.72 bits per heavy atom. The number of aryl methyl sites for hydroxylation is 1. The van der Waals surface area contributed by atoms with Crippen LogP contribution in [0.25, 0.3) is 10.4 Å². The minimum absolute atomic E-state index is 0.0462. The number of anilines is 1. The van der Waals surface area contributed by atoms with Crippen LogP contribution in [0.1, 0.15) is 12.0 Å². The summed E-state index contributed by atoms with van der Waals surface area (Å²) >= 11 is 3.37. The van der Waals surface area contributed by atoms with Crippen LogP contribution in [0.3, 0.4) is 0 Å². The molecule has 1 atom stereocenters. The van der Waals surface area contributed by atoms with Crippen molar-refractivity contribution in [2.75, 3.05) is 18.0 Å². The fourth-order valence-corrected chi connectivity index (χ4v) is 2.76. The highest BCUT2D eigenvalue weighted by Gasteiger charge is 2.32. The quantitative estimate of drug-likeness (QED) is 0.372. The summed E-state index contributed by atoms with van der Waals surface area (Å²) in [6, 6.07) is 1.87. The molecule has 1 fully saturated rings.